The number of non-ortho nitro benzene ring substituents is 1. The van der Waals surface area contributed by atoms with E-state index in [9.17, 15) is 20.0 Å². The first-order valence-corrected chi connectivity index (χ1v) is 6.34. The van der Waals surface area contributed by atoms with Crippen LogP contribution in [0.3, 0.4) is 0 Å². The van der Waals surface area contributed by atoms with E-state index in [1.165, 1.54) is 29.2 Å². The molecule has 1 aliphatic rings. The van der Waals surface area contributed by atoms with Crippen LogP contribution in [0.2, 0.25) is 0 Å². The molecule has 2 N–H and O–H groups in total. The van der Waals surface area contributed by atoms with Gasteiger partial charge in [-0.15, -0.1) is 0 Å². The van der Waals surface area contributed by atoms with Crippen LogP contribution < -0.4 is 5.32 Å². The van der Waals surface area contributed by atoms with Gasteiger partial charge in [0.05, 0.1) is 18.0 Å². The maximum Gasteiger partial charge on any atom is 0.322 e. The Hall–Kier alpha value is -2.15. The Balaban J connectivity index is 1.92. The number of benzene rings is 1. The van der Waals surface area contributed by atoms with Gasteiger partial charge in [-0.05, 0) is 18.1 Å². The molecule has 2 rings (SSSR count). The molecular weight excluding hydrogens is 262 g/mol. The van der Waals surface area contributed by atoms with Crippen LogP contribution in [0.25, 0.3) is 0 Å². The lowest BCUT2D eigenvalue weighted by Gasteiger charge is -2.48. The van der Waals surface area contributed by atoms with E-state index in [2.05, 4.69) is 5.32 Å². The Labute approximate surface area is 116 Å². The molecule has 1 aromatic carbocycles. The van der Waals surface area contributed by atoms with E-state index in [-0.39, 0.29) is 17.6 Å². The first-order valence-electron chi connectivity index (χ1n) is 6.34. The van der Waals surface area contributed by atoms with Gasteiger partial charge in [0, 0.05) is 17.8 Å². The number of nitrogens with one attached hydrogen (secondary N) is 1. The number of carbonyl (C=O) groups is 1. The predicted octanol–water partition coefficient (Wildman–Crippen LogP) is 1.83. The molecule has 1 fully saturated rings. The van der Waals surface area contributed by atoms with Crippen LogP contribution in [-0.2, 0) is 0 Å². The molecule has 0 radical (unpaired) electrons. The number of nitro groups is 1. The summed E-state index contributed by atoms with van der Waals surface area (Å²) in [4.78, 5) is 23.4. The lowest BCUT2D eigenvalue weighted by Crippen LogP contribution is -2.66. The number of nitrogens with zero attached hydrogens (tertiary/aromatic N) is 2. The Morgan fingerprint density at radius 3 is 2.40 bits per heavy atom. The van der Waals surface area contributed by atoms with E-state index >= 15 is 0 Å². The van der Waals surface area contributed by atoms with Crippen molar-refractivity contribution in [2.75, 3.05) is 18.4 Å². The third kappa shape index (κ3) is 2.72. The normalized spacial score (nSPS) is 16.7. The fourth-order valence-electron chi connectivity index (χ4n) is 1.99. The predicted molar refractivity (Wildman–Crippen MR) is 73.5 cm³/mol. The average molecular weight is 279 g/mol. The van der Waals surface area contributed by atoms with E-state index in [4.69, 9.17) is 0 Å². The fraction of sp³-hybridized carbons (Fsp3) is 0.462. The van der Waals surface area contributed by atoms with Crippen molar-refractivity contribution in [3.63, 3.8) is 0 Å². The molecule has 0 aliphatic carbocycles. The van der Waals surface area contributed by atoms with Gasteiger partial charge in [-0.25, -0.2) is 4.79 Å². The van der Waals surface area contributed by atoms with Crippen LogP contribution >= 0.6 is 0 Å². The summed E-state index contributed by atoms with van der Waals surface area (Å²) in [5.74, 6) is 0.0888. The minimum atomic E-state index is -0.813. The van der Waals surface area contributed by atoms with Crippen LogP contribution in [-0.4, -0.2) is 39.7 Å². The molecule has 1 aliphatic heterocycles. The molecule has 1 saturated heterocycles. The topological polar surface area (TPSA) is 95.7 Å². The SMILES string of the molecule is CC(C)C1(O)CN(C(=O)Nc2ccc([N+](=O)[O-])cc2)C1. The number of nitro benzene ring substituents is 1. The largest absolute Gasteiger partial charge is 0.386 e. The van der Waals surface area contributed by atoms with Gasteiger partial charge < -0.3 is 15.3 Å². The van der Waals surface area contributed by atoms with Crippen molar-refractivity contribution in [2.45, 2.75) is 19.4 Å². The fourth-order valence-corrected chi connectivity index (χ4v) is 1.99. The third-order valence-electron chi connectivity index (χ3n) is 3.62. The molecule has 0 atom stereocenters. The number of anilines is 1. The van der Waals surface area contributed by atoms with Crippen LogP contribution in [0.15, 0.2) is 24.3 Å². The third-order valence-corrected chi connectivity index (χ3v) is 3.62. The number of rotatable bonds is 3. The Bertz CT molecular complexity index is 521. The number of amides is 2. The summed E-state index contributed by atoms with van der Waals surface area (Å²) >= 11 is 0. The summed E-state index contributed by atoms with van der Waals surface area (Å²) in [6, 6.07) is 5.30. The molecule has 0 spiro atoms. The minimum absolute atomic E-state index is 0.0267. The van der Waals surface area contributed by atoms with Crippen molar-refractivity contribution in [2.24, 2.45) is 5.92 Å². The number of carbonyl (C=O) groups excluding carboxylic acids is 1. The maximum absolute atomic E-state index is 11.9. The van der Waals surface area contributed by atoms with Gasteiger partial charge in [0.1, 0.15) is 5.60 Å². The van der Waals surface area contributed by atoms with Gasteiger partial charge in [-0.3, -0.25) is 10.1 Å². The molecule has 0 saturated carbocycles. The van der Waals surface area contributed by atoms with E-state index in [0.717, 1.165) is 0 Å². The molecular formula is C13H17N3O4. The summed E-state index contributed by atoms with van der Waals surface area (Å²) in [6.45, 7) is 4.41. The highest BCUT2D eigenvalue weighted by Gasteiger charge is 2.45. The molecule has 108 valence electrons. The zero-order valence-corrected chi connectivity index (χ0v) is 11.4. The summed E-state index contributed by atoms with van der Waals surface area (Å²) in [5, 5.41) is 23.2. The first kappa shape index (κ1) is 14.3. The number of β-amino-alcohol motifs (C(OH)–C–C–N with tert-alkyl or cyclic N) is 1. The van der Waals surface area contributed by atoms with Crippen molar-refractivity contribution in [1.82, 2.24) is 4.90 Å². The van der Waals surface area contributed by atoms with Crippen molar-refractivity contribution in [3.05, 3.63) is 34.4 Å². The average Bonchev–Trinajstić information content (AvgIpc) is 2.35. The maximum atomic E-state index is 11.9. The Morgan fingerprint density at radius 1 is 1.40 bits per heavy atom. The minimum Gasteiger partial charge on any atom is -0.386 e. The molecule has 0 unspecified atom stereocenters. The monoisotopic (exact) mass is 279 g/mol. The first-order chi connectivity index (χ1) is 9.32. The number of urea groups is 1. The van der Waals surface area contributed by atoms with Gasteiger partial charge in [0.15, 0.2) is 0 Å². The summed E-state index contributed by atoms with van der Waals surface area (Å²) in [6.07, 6.45) is 0. The van der Waals surface area contributed by atoms with Gasteiger partial charge in [-0.2, -0.15) is 0 Å². The second-order valence-electron chi connectivity index (χ2n) is 5.35. The Kier molecular flexibility index (Phi) is 3.63. The number of aliphatic hydroxyl groups is 1. The molecule has 7 heteroatoms. The zero-order chi connectivity index (χ0) is 14.9. The van der Waals surface area contributed by atoms with E-state index in [0.29, 0.717) is 18.8 Å². The molecule has 0 bridgehead atoms. The highest BCUT2D eigenvalue weighted by atomic mass is 16.6. The summed E-state index contributed by atoms with van der Waals surface area (Å²) in [5.41, 5.74) is -0.353. The van der Waals surface area contributed by atoms with Gasteiger partial charge >= 0.3 is 6.03 Å². The molecule has 2 amide bonds. The second-order valence-corrected chi connectivity index (χ2v) is 5.35. The molecule has 1 aromatic rings. The van der Waals surface area contributed by atoms with Crippen molar-refractivity contribution in [3.8, 4) is 0 Å². The number of likely N-dealkylation sites (tertiary alicyclic amines) is 1. The smallest absolute Gasteiger partial charge is 0.322 e. The second kappa shape index (κ2) is 5.09. The molecule has 0 aromatic heterocycles. The Morgan fingerprint density at radius 2 is 1.95 bits per heavy atom. The zero-order valence-electron chi connectivity index (χ0n) is 11.4. The quantitative estimate of drug-likeness (QED) is 0.651. The van der Waals surface area contributed by atoms with Crippen LogP contribution in [0.4, 0.5) is 16.2 Å². The highest BCUT2D eigenvalue weighted by molar-refractivity contribution is 5.90. The number of hydrogen-bond acceptors (Lipinski definition) is 4. The highest BCUT2D eigenvalue weighted by Crippen LogP contribution is 2.29. The number of hydrogen-bond donors (Lipinski definition) is 2. The van der Waals surface area contributed by atoms with Crippen LogP contribution in [0, 0.1) is 16.0 Å². The lowest BCUT2D eigenvalue weighted by atomic mass is 9.83. The van der Waals surface area contributed by atoms with Crippen molar-refractivity contribution >= 4 is 17.4 Å². The summed E-state index contributed by atoms with van der Waals surface area (Å²) in [7, 11) is 0. The summed E-state index contributed by atoms with van der Waals surface area (Å²) < 4.78 is 0. The van der Waals surface area contributed by atoms with Gasteiger partial charge in [0.2, 0.25) is 0 Å². The van der Waals surface area contributed by atoms with E-state index in [1.807, 2.05) is 13.8 Å². The lowest BCUT2D eigenvalue weighted by molar-refractivity contribution is -0.384. The molecule has 7 nitrogen and oxygen atoms in total. The van der Waals surface area contributed by atoms with Crippen molar-refractivity contribution in [1.29, 1.82) is 0 Å². The van der Waals surface area contributed by atoms with E-state index in [1.54, 1.807) is 0 Å². The standard InChI is InChI=1S/C13H17N3O4/c1-9(2)13(18)7-15(8-13)12(17)14-10-3-5-11(6-4-10)16(19)20/h3-6,9,18H,7-8H2,1-2H3,(H,14,17). The van der Waals surface area contributed by atoms with Crippen molar-refractivity contribution < 1.29 is 14.8 Å². The van der Waals surface area contributed by atoms with Gasteiger partial charge in [0.25, 0.3) is 5.69 Å². The van der Waals surface area contributed by atoms with E-state index < -0.39 is 10.5 Å². The molecule has 20 heavy (non-hydrogen) atoms. The van der Waals surface area contributed by atoms with Crippen LogP contribution in [0.5, 0.6) is 0 Å². The molecule has 1 heterocycles. The van der Waals surface area contributed by atoms with Crippen LogP contribution in [0.1, 0.15) is 13.8 Å². The van der Waals surface area contributed by atoms with Gasteiger partial charge in [-0.1, -0.05) is 13.8 Å².